The third-order valence-corrected chi connectivity index (χ3v) is 5.83. The van der Waals surface area contributed by atoms with E-state index in [0.717, 1.165) is 29.4 Å². The normalized spacial score (nSPS) is 13.0. The molecule has 3 rings (SSSR count). The van der Waals surface area contributed by atoms with Crippen LogP contribution in [0.3, 0.4) is 0 Å². The summed E-state index contributed by atoms with van der Waals surface area (Å²) in [6.45, 7) is 3.80. The van der Waals surface area contributed by atoms with E-state index in [2.05, 4.69) is 17.4 Å². The molecule has 3 aromatic rings. The van der Waals surface area contributed by atoms with Gasteiger partial charge >= 0.3 is 5.91 Å². The fourth-order valence-corrected chi connectivity index (χ4v) is 4.10. The Balaban J connectivity index is 1.98. The van der Waals surface area contributed by atoms with Gasteiger partial charge in [0.15, 0.2) is 6.17 Å². The zero-order chi connectivity index (χ0) is 24.1. The minimum absolute atomic E-state index is 0.0884. The van der Waals surface area contributed by atoms with E-state index in [4.69, 9.17) is 5.10 Å². The standard InChI is InChI=1S/C24H31FN6O2/c1-6-8-18(11-12-26-33)31-15-17-13-20(23(29(3)4)14-19(17)28-31)27-24(32)22-10-7-9-21(16(2)25)30(22)5/h7,9-10,13-16,18H,6,8,11-12H2,1-5H3/p+1/t16?,18-/m1/s1. The second-order valence-electron chi connectivity index (χ2n) is 8.48. The zero-order valence-corrected chi connectivity index (χ0v) is 19.9. The van der Waals surface area contributed by atoms with Crippen molar-refractivity contribution in [1.82, 2.24) is 9.78 Å². The lowest BCUT2D eigenvalue weighted by Crippen LogP contribution is -2.42. The SMILES string of the molecule is CCC[C@H](CCN=O)n1cc2cc(NC(=O)c3cccc(C(C)F)[n+]3C)c(N(C)C)cc2n1. The number of rotatable bonds is 10. The number of pyridine rings is 1. The summed E-state index contributed by atoms with van der Waals surface area (Å²) in [6, 6.07) is 8.94. The number of hydrogen-bond donors (Lipinski definition) is 1. The van der Waals surface area contributed by atoms with Gasteiger partial charge in [0.2, 0.25) is 5.69 Å². The predicted molar refractivity (Wildman–Crippen MR) is 128 cm³/mol. The fourth-order valence-electron chi connectivity index (χ4n) is 4.10. The lowest BCUT2D eigenvalue weighted by molar-refractivity contribution is -0.683. The molecule has 0 bridgehead atoms. The molecule has 33 heavy (non-hydrogen) atoms. The van der Waals surface area contributed by atoms with Gasteiger partial charge in [-0.3, -0.25) is 9.48 Å². The van der Waals surface area contributed by atoms with E-state index in [-0.39, 0.29) is 18.5 Å². The fraction of sp³-hybridized carbons (Fsp3) is 0.458. The van der Waals surface area contributed by atoms with Crippen molar-refractivity contribution < 1.29 is 13.8 Å². The number of anilines is 2. The van der Waals surface area contributed by atoms with E-state index >= 15 is 0 Å². The molecule has 0 aliphatic rings. The molecule has 0 radical (unpaired) electrons. The number of amides is 1. The maximum atomic E-state index is 13.9. The van der Waals surface area contributed by atoms with Crippen molar-refractivity contribution in [2.45, 2.75) is 45.3 Å². The van der Waals surface area contributed by atoms with Gasteiger partial charge in [0.25, 0.3) is 5.69 Å². The lowest BCUT2D eigenvalue weighted by atomic mass is 10.1. The molecule has 0 saturated carbocycles. The van der Waals surface area contributed by atoms with Crippen LogP contribution in [0, 0.1) is 4.91 Å². The number of carbonyl (C=O) groups excluding carboxylic acids is 1. The topological polar surface area (TPSA) is 83.5 Å². The number of alkyl halides is 1. The number of carbonyl (C=O) groups is 1. The minimum atomic E-state index is -1.19. The Morgan fingerprint density at radius 2 is 2.06 bits per heavy atom. The summed E-state index contributed by atoms with van der Waals surface area (Å²) in [4.78, 5) is 25.6. The molecule has 0 fully saturated rings. The van der Waals surface area contributed by atoms with Gasteiger partial charge in [-0.15, -0.1) is 0 Å². The van der Waals surface area contributed by atoms with E-state index in [1.807, 2.05) is 42.0 Å². The first-order valence-corrected chi connectivity index (χ1v) is 11.2. The summed E-state index contributed by atoms with van der Waals surface area (Å²) in [5.74, 6) is -0.323. The van der Waals surface area contributed by atoms with Crippen LogP contribution in [0.1, 0.15) is 61.5 Å². The Morgan fingerprint density at radius 1 is 1.30 bits per heavy atom. The monoisotopic (exact) mass is 455 g/mol. The quantitative estimate of drug-likeness (QED) is 0.355. The van der Waals surface area contributed by atoms with E-state index in [0.29, 0.717) is 23.5 Å². The highest BCUT2D eigenvalue weighted by atomic mass is 19.1. The molecule has 1 N–H and O–H groups in total. The maximum absolute atomic E-state index is 13.9. The highest BCUT2D eigenvalue weighted by molar-refractivity contribution is 6.05. The highest BCUT2D eigenvalue weighted by Gasteiger charge is 2.24. The first-order chi connectivity index (χ1) is 15.8. The van der Waals surface area contributed by atoms with Crippen molar-refractivity contribution in [1.29, 1.82) is 0 Å². The number of fused-ring (bicyclic) bond motifs is 1. The van der Waals surface area contributed by atoms with Crippen LogP contribution >= 0.6 is 0 Å². The first-order valence-electron chi connectivity index (χ1n) is 11.2. The van der Waals surface area contributed by atoms with Gasteiger partial charge in [-0.2, -0.15) is 14.6 Å². The molecule has 2 atom stereocenters. The van der Waals surface area contributed by atoms with Crippen LogP contribution in [0.25, 0.3) is 10.9 Å². The van der Waals surface area contributed by atoms with Crippen molar-refractivity contribution >= 4 is 28.2 Å². The maximum Gasteiger partial charge on any atom is 0.320 e. The molecule has 2 aromatic heterocycles. The Hall–Kier alpha value is -3.36. The average molecular weight is 456 g/mol. The first kappa shape index (κ1) is 24.3. The lowest BCUT2D eigenvalue weighted by Gasteiger charge is -2.18. The summed E-state index contributed by atoms with van der Waals surface area (Å²) in [5.41, 5.74) is 3.04. The van der Waals surface area contributed by atoms with Crippen LogP contribution in [0.4, 0.5) is 15.8 Å². The van der Waals surface area contributed by atoms with Crippen molar-refractivity contribution in [3.8, 4) is 0 Å². The smallest absolute Gasteiger partial charge is 0.320 e. The number of benzene rings is 1. The van der Waals surface area contributed by atoms with Gasteiger partial charge < -0.3 is 10.2 Å². The summed E-state index contributed by atoms with van der Waals surface area (Å²) < 4.78 is 17.4. The van der Waals surface area contributed by atoms with E-state index < -0.39 is 6.17 Å². The van der Waals surface area contributed by atoms with Crippen LogP contribution in [-0.2, 0) is 7.05 Å². The summed E-state index contributed by atoms with van der Waals surface area (Å²) >= 11 is 0. The largest absolute Gasteiger partial charge is 0.376 e. The van der Waals surface area contributed by atoms with Gasteiger partial charge in [0.1, 0.15) is 7.05 Å². The van der Waals surface area contributed by atoms with Crippen LogP contribution in [-0.4, -0.2) is 36.3 Å². The zero-order valence-electron chi connectivity index (χ0n) is 19.9. The van der Waals surface area contributed by atoms with Gasteiger partial charge in [-0.25, -0.2) is 4.39 Å². The summed E-state index contributed by atoms with van der Waals surface area (Å²) in [5, 5.41) is 11.6. The minimum Gasteiger partial charge on any atom is -0.376 e. The number of halogens is 1. The molecular formula is C24H32FN6O2+. The number of aromatic nitrogens is 3. The molecule has 0 aliphatic heterocycles. The molecule has 1 amide bonds. The van der Waals surface area contributed by atoms with Crippen LogP contribution in [0.5, 0.6) is 0 Å². The molecule has 0 saturated heterocycles. The Labute approximate surface area is 193 Å². The van der Waals surface area contributed by atoms with Gasteiger partial charge in [0.05, 0.1) is 29.5 Å². The molecule has 1 unspecified atom stereocenters. The molecule has 1 aromatic carbocycles. The third kappa shape index (κ3) is 5.35. The molecule has 176 valence electrons. The van der Waals surface area contributed by atoms with Crippen molar-refractivity contribution in [2.24, 2.45) is 12.2 Å². The average Bonchev–Trinajstić information content (AvgIpc) is 3.18. The van der Waals surface area contributed by atoms with E-state index in [1.54, 1.807) is 29.8 Å². The van der Waals surface area contributed by atoms with E-state index in [9.17, 15) is 14.1 Å². The highest BCUT2D eigenvalue weighted by Crippen LogP contribution is 2.31. The number of nitroso groups, excluding NO2 is 1. The second-order valence-corrected chi connectivity index (χ2v) is 8.48. The van der Waals surface area contributed by atoms with Gasteiger partial charge in [-0.1, -0.05) is 18.5 Å². The van der Waals surface area contributed by atoms with Crippen molar-refractivity contribution in [2.75, 3.05) is 30.9 Å². The third-order valence-electron chi connectivity index (χ3n) is 5.83. The van der Waals surface area contributed by atoms with Gasteiger partial charge in [-0.05, 0) is 38.0 Å². The number of nitrogens with zero attached hydrogens (tertiary/aromatic N) is 5. The number of hydrogen-bond acceptors (Lipinski definition) is 5. The molecule has 2 heterocycles. The van der Waals surface area contributed by atoms with Gasteiger partial charge in [0, 0.05) is 37.8 Å². The molecule has 9 heteroatoms. The molecule has 8 nitrogen and oxygen atoms in total. The van der Waals surface area contributed by atoms with Crippen molar-refractivity contribution in [3.63, 3.8) is 0 Å². The number of nitrogens with one attached hydrogen (secondary N) is 1. The summed E-state index contributed by atoms with van der Waals surface area (Å²) in [7, 11) is 5.48. The second kappa shape index (κ2) is 10.5. The van der Waals surface area contributed by atoms with Crippen LogP contribution < -0.4 is 14.8 Å². The molecule has 0 spiro atoms. The predicted octanol–water partition coefficient (Wildman–Crippen LogP) is 4.71. The van der Waals surface area contributed by atoms with E-state index in [1.165, 1.54) is 6.92 Å². The van der Waals surface area contributed by atoms with Crippen LogP contribution in [0.2, 0.25) is 0 Å². The summed E-state index contributed by atoms with van der Waals surface area (Å²) in [6.07, 6.45) is 3.26. The molecule has 0 aliphatic carbocycles. The Bertz CT molecular complexity index is 1140. The van der Waals surface area contributed by atoms with Crippen molar-refractivity contribution in [3.05, 3.63) is 52.8 Å². The molecular weight excluding hydrogens is 423 g/mol. The Kier molecular flexibility index (Phi) is 7.73. The van der Waals surface area contributed by atoms with Crippen LogP contribution in [0.15, 0.2) is 41.7 Å². The Morgan fingerprint density at radius 3 is 2.70 bits per heavy atom.